The van der Waals surface area contributed by atoms with E-state index in [2.05, 4.69) is 6.92 Å². The van der Waals surface area contributed by atoms with Crippen LogP contribution in [0.15, 0.2) is 9.81 Å². The topological polar surface area (TPSA) is 17.1 Å². The van der Waals surface area contributed by atoms with Crippen LogP contribution in [0.3, 0.4) is 0 Å². The highest BCUT2D eigenvalue weighted by Gasteiger charge is 2.09. The maximum absolute atomic E-state index is 10.2. The highest BCUT2D eigenvalue weighted by Crippen LogP contribution is 2.37. The second-order valence-electron chi connectivity index (χ2n) is 2.82. The lowest BCUT2D eigenvalue weighted by Gasteiger charge is -2.15. The lowest BCUT2D eigenvalue weighted by atomic mass is 10.2. The second-order valence-corrected chi connectivity index (χ2v) is 5.29. The first-order chi connectivity index (χ1) is 5.84. The summed E-state index contributed by atoms with van der Waals surface area (Å²) in [4.78, 5) is 10.2. The molecular weight excluding hydrogens is 188 g/mol. The van der Waals surface area contributed by atoms with E-state index in [-0.39, 0.29) is 0 Å². The van der Waals surface area contributed by atoms with Gasteiger partial charge in [-0.05, 0) is 31.3 Å². The normalized spacial score (nSPS) is 17.6. The van der Waals surface area contributed by atoms with Gasteiger partial charge in [-0.2, -0.15) is 0 Å². The van der Waals surface area contributed by atoms with Crippen molar-refractivity contribution < 1.29 is 4.79 Å². The minimum atomic E-state index is 0.677. The maximum Gasteiger partial charge on any atom is 0.120 e. The number of allylic oxidation sites excluding steroid dienone is 1. The Balaban J connectivity index is 2.42. The Morgan fingerprint density at radius 1 is 1.50 bits per heavy atom. The lowest BCUT2D eigenvalue weighted by Crippen LogP contribution is -1.94. The molecule has 1 heterocycles. The Morgan fingerprint density at radius 2 is 2.17 bits per heavy atom. The Bertz CT molecular complexity index is 179. The van der Waals surface area contributed by atoms with Gasteiger partial charge >= 0.3 is 0 Å². The first kappa shape index (κ1) is 10.2. The van der Waals surface area contributed by atoms with Gasteiger partial charge in [0.05, 0.1) is 0 Å². The van der Waals surface area contributed by atoms with Crippen molar-refractivity contribution in [3.8, 4) is 0 Å². The van der Waals surface area contributed by atoms with Gasteiger partial charge in [-0.15, -0.1) is 23.5 Å². The van der Waals surface area contributed by atoms with Crippen molar-refractivity contribution in [1.82, 2.24) is 0 Å². The fraction of sp³-hybridized carbons (Fsp3) is 0.667. The Labute approximate surface area is 82.4 Å². The fourth-order valence-electron chi connectivity index (χ4n) is 1.05. The van der Waals surface area contributed by atoms with Crippen LogP contribution < -0.4 is 0 Å². The molecule has 1 nitrogen and oxygen atoms in total. The van der Waals surface area contributed by atoms with Crippen molar-refractivity contribution in [3.63, 3.8) is 0 Å². The molecule has 1 fully saturated rings. The van der Waals surface area contributed by atoms with Crippen LogP contribution >= 0.6 is 23.5 Å². The Kier molecular flexibility index (Phi) is 4.84. The van der Waals surface area contributed by atoms with E-state index in [0.29, 0.717) is 6.42 Å². The molecule has 0 spiro atoms. The molecule has 0 N–H and O–H groups in total. The highest BCUT2D eigenvalue weighted by atomic mass is 32.2. The van der Waals surface area contributed by atoms with Gasteiger partial charge in [-0.1, -0.05) is 5.57 Å². The van der Waals surface area contributed by atoms with Crippen LogP contribution in [0.4, 0.5) is 0 Å². The summed E-state index contributed by atoms with van der Waals surface area (Å²) in [5, 5.41) is 0. The zero-order valence-electron chi connectivity index (χ0n) is 7.34. The number of hydrogen-bond acceptors (Lipinski definition) is 3. The molecule has 0 amide bonds. The standard InChI is InChI=1S/C9H14OS2/c1-8(4-2-5-10)9-11-6-3-7-12-9/h5H,2-4,6-7H2,1H3. The third-order valence-corrected chi connectivity index (χ3v) is 4.65. The number of thioether (sulfide) groups is 2. The van der Waals surface area contributed by atoms with E-state index in [1.54, 1.807) is 0 Å². The number of rotatable bonds is 3. The molecule has 0 aromatic rings. The van der Waals surface area contributed by atoms with E-state index in [1.165, 1.54) is 27.7 Å². The van der Waals surface area contributed by atoms with Crippen molar-refractivity contribution >= 4 is 29.8 Å². The molecule has 0 aromatic carbocycles. The summed E-state index contributed by atoms with van der Waals surface area (Å²) >= 11 is 3.90. The molecule has 1 rings (SSSR count). The summed E-state index contributed by atoms with van der Waals surface area (Å²) in [5.74, 6) is 2.50. The second kappa shape index (κ2) is 5.70. The lowest BCUT2D eigenvalue weighted by molar-refractivity contribution is -0.107. The SMILES string of the molecule is CC(CCC=O)=C1SCCCS1. The summed E-state index contributed by atoms with van der Waals surface area (Å²) < 4.78 is 1.46. The monoisotopic (exact) mass is 202 g/mol. The van der Waals surface area contributed by atoms with Gasteiger partial charge in [0.1, 0.15) is 6.29 Å². The van der Waals surface area contributed by atoms with Gasteiger partial charge in [-0.3, -0.25) is 0 Å². The van der Waals surface area contributed by atoms with Gasteiger partial charge in [-0.25, -0.2) is 0 Å². The van der Waals surface area contributed by atoms with E-state index >= 15 is 0 Å². The van der Waals surface area contributed by atoms with Crippen LogP contribution in [0.25, 0.3) is 0 Å². The molecule has 1 aliphatic rings. The minimum Gasteiger partial charge on any atom is -0.303 e. The first-order valence-corrected chi connectivity index (χ1v) is 6.20. The van der Waals surface area contributed by atoms with E-state index in [9.17, 15) is 4.79 Å². The quantitative estimate of drug-likeness (QED) is 0.655. The molecule has 1 saturated heterocycles. The minimum absolute atomic E-state index is 0.677. The van der Waals surface area contributed by atoms with Gasteiger partial charge in [0, 0.05) is 10.7 Å². The third-order valence-electron chi connectivity index (χ3n) is 1.74. The average Bonchev–Trinajstić information content (AvgIpc) is 2.15. The molecule has 3 heteroatoms. The summed E-state index contributed by atoms with van der Waals surface area (Å²) in [6.45, 7) is 2.14. The van der Waals surface area contributed by atoms with Crippen LogP contribution in [-0.4, -0.2) is 17.8 Å². The zero-order valence-corrected chi connectivity index (χ0v) is 8.97. The predicted molar refractivity (Wildman–Crippen MR) is 57.5 cm³/mol. The molecule has 1 aliphatic heterocycles. The van der Waals surface area contributed by atoms with Crippen molar-refractivity contribution in [3.05, 3.63) is 9.81 Å². The number of carbonyl (C=O) groups excluding carboxylic acids is 1. The molecule has 0 aromatic heterocycles. The zero-order chi connectivity index (χ0) is 8.81. The molecule has 0 unspecified atom stereocenters. The summed E-state index contributed by atoms with van der Waals surface area (Å²) in [5.41, 5.74) is 1.40. The van der Waals surface area contributed by atoms with Crippen molar-refractivity contribution in [2.24, 2.45) is 0 Å². The molecule has 68 valence electrons. The van der Waals surface area contributed by atoms with E-state index in [1.807, 2.05) is 23.5 Å². The smallest absolute Gasteiger partial charge is 0.120 e. The largest absolute Gasteiger partial charge is 0.303 e. The van der Waals surface area contributed by atoms with Crippen LogP contribution in [0, 0.1) is 0 Å². The molecule has 0 aliphatic carbocycles. The van der Waals surface area contributed by atoms with Gasteiger partial charge < -0.3 is 4.79 Å². The summed E-state index contributed by atoms with van der Waals surface area (Å²) in [7, 11) is 0. The molecule has 12 heavy (non-hydrogen) atoms. The number of carbonyl (C=O) groups is 1. The molecule has 0 atom stereocenters. The van der Waals surface area contributed by atoms with Crippen molar-refractivity contribution in [2.45, 2.75) is 26.2 Å². The Morgan fingerprint density at radius 3 is 2.75 bits per heavy atom. The van der Waals surface area contributed by atoms with Crippen molar-refractivity contribution in [1.29, 1.82) is 0 Å². The van der Waals surface area contributed by atoms with E-state index < -0.39 is 0 Å². The average molecular weight is 202 g/mol. The number of hydrogen-bond donors (Lipinski definition) is 0. The van der Waals surface area contributed by atoms with Crippen LogP contribution in [0.2, 0.25) is 0 Å². The van der Waals surface area contributed by atoms with E-state index in [4.69, 9.17) is 0 Å². The van der Waals surface area contributed by atoms with Crippen LogP contribution in [0.5, 0.6) is 0 Å². The first-order valence-electron chi connectivity index (χ1n) is 4.23. The third kappa shape index (κ3) is 3.23. The van der Waals surface area contributed by atoms with Gasteiger partial charge in [0.25, 0.3) is 0 Å². The fourth-order valence-corrected chi connectivity index (χ4v) is 3.72. The van der Waals surface area contributed by atoms with Gasteiger partial charge in [0.2, 0.25) is 0 Å². The molecule has 0 bridgehead atoms. The maximum atomic E-state index is 10.2. The summed E-state index contributed by atoms with van der Waals surface area (Å²) in [6.07, 6.45) is 3.94. The highest BCUT2D eigenvalue weighted by molar-refractivity contribution is 8.22. The van der Waals surface area contributed by atoms with E-state index in [0.717, 1.165) is 12.7 Å². The Hall–Kier alpha value is 0.110. The van der Waals surface area contributed by atoms with Crippen LogP contribution in [-0.2, 0) is 4.79 Å². The van der Waals surface area contributed by atoms with Crippen LogP contribution in [0.1, 0.15) is 26.2 Å². The van der Waals surface area contributed by atoms with Crippen molar-refractivity contribution in [2.75, 3.05) is 11.5 Å². The van der Waals surface area contributed by atoms with Gasteiger partial charge in [0.15, 0.2) is 0 Å². The number of aldehydes is 1. The molecule has 0 radical (unpaired) electrons. The molecule has 0 saturated carbocycles. The summed E-state index contributed by atoms with van der Waals surface area (Å²) in [6, 6.07) is 0. The molecular formula is C9H14OS2. The predicted octanol–water partition coefficient (Wildman–Crippen LogP) is 3.07.